The number of amides is 2. The molecular weight excluding hydrogens is 246 g/mol. The Balaban J connectivity index is 2.82. The second kappa shape index (κ2) is 7.13. The fourth-order valence-corrected chi connectivity index (χ4v) is 1.62. The van der Waals surface area contributed by atoms with Gasteiger partial charge in [0.05, 0.1) is 11.6 Å². The van der Waals surface area contributed by atoms with Crippen LogP contribution in [0, 0.1) is 11.3 Å². The van der Waals surface area contributed by atoms with E-state index >= 15 is 0 Å². The van der Waals surface area contributed by atoms with Gasteiger partial charge in [-0.2, -0.15) is 5.26 Å². The molecule has 0 fully saturated rings. The molecule has 1 aromatic rings. The van der Waals surface area contributed by atoms with Gasteiger partial charge in [-0.3, -0.25) is 9.59 Å². The molecule has 0 aromatic heterocycles. The number of primary amides is 1. The molecule has 0 aliphatic carbocycles. The van der Waals surface area contributed by atoms with Crippen LogP contribution in [-0.2, 0) is 20.7 Å². The highest BCUT2D eigenvalue weighted by Gasteiger charge is 2.19. The largest absolute Gasteiger partial charge is 0.375 e. The first-order chi connectivity index (χ1) is 9.08. The van der Waals surface area contributed by atoms with Crippen molar-refractivity contribution < 1.29 is 14.3 Å². The fourth-order valence-electron chi connectivity index (χ4n) is 1.62. The first-order valence-electron chi connectivity index (χ1n) is 5.64. The predicted octanol–water partition coefficient (Wildman–Crippen LogP) is -0.283. The van der Waals surface area contributed by atoms with Gasteiger partial charge in [0.1, 0.15) is 12.6 Å². The molecule has 0 spiro atoms. The molecule has 6 nitrogen and oxygen atoms in total. The second-order valence-electron chi connectivity index (χ2n) is 3.93. The van der Waals surface area contributed by atoms with Gasteiger partial charge < -0.3 is 15.8 Å². The van der Waals surface area contributed by atoms with Crippen molar-refractivity contribution in [2.45, 2.75) is 12.5 Å². The van der Waals surface area contributed by atoms with Crippen LogP contribution in [0.4, 0.5) is 0 Å². The van der Waals surface area contributed by atoms with Crippen LogP contribution in [0.5, 0.6) is 0 Å². The molecule has 1 aromatic carbocycles. The quantitative estimate of drug-likeness (QED) is 0.734. The maximum absolute atomic E-state index is 11.4. The lowest BCUT2D eigenvalue weighted by molar-refractivity contribution is -0.129. The highest BCUT2D eigenvalue weighted by Crippen LogP contribution is 2.10. The monoisotopic (exact) mass is 261 g/mol. The van der Waals surface area contributed by atoms with Crippen molar-refractivity contribution in [3.8, 4) is 6.07 Å². The third-order valence-corrected chi connectivity index (χ3v) is 2.52. The molecule has 0 aliphatic heterocycles. The third-order valence-electron chi connectivity index (χ3n) is 2.52. The Morgan fingerprint density at radius 1 is 1.47 bits per heavy atom. The first-order valence-corrected chi connectivity index (χ1v) is 5.64. The minimum Gasteiger partial charge on any atom is -0.375 e. The number of methoxy groups -OCH3 is 1. The summed E-state index contributed by atoms with van der Waals surface area (Å²) in [7, 11) is 1.38. The standard InChI is InChI=1S/C13H15N3O3/c1-19-8-12(17)16-11(13(15)18)6-9-4-2-3-5-10(9)7-14/h2-5,11H,6,8H2,1H3,(H2,15,18)(H,16,17)/t11-/m0/s1. The van der Waals surface area contributed by atoms with E-state index in [1.54, 1.807) is 24.3 Å². The average Bonchev–Trinajstić information content (AvgIpc) is 2.38. The molecule has 2 amide bonds. The zero-order valence-corrected chi connectivity index (χ0v) is 10.6. The maximum atomic E-state index is 11.4. The molecule has 0 radical (unpaired) electrons. The highest BCUT2D eigenvalue weighted by molar-refractivity contribution is 5.87. The summed E-state index contributed by atoms with van der Waals surface area (Å²) in [4.78, 5) is 22.7. The molecule has 0 bridgehead atoms. The van der Waals surface area contributed by atoms with E-state index in [0.717, 1.165) is 0 Å². The molecule has 0 unspecified atom stereocenters. The van der Waals surface area contributed by atoms with Crippen molar-refractivity contribution >= 4 is 11.8 Å². The number of rotatable bonds is 6. The summed E-state index contributed by atoms with van der Waals surface area (Å²) in [6.45, 7) is -0.149. The van der Waals surface area contributed by atoms with E-state index in [1.165, 1.54) is 7.11 Å². The zero-order chi connectivity index (χ0) is 14.3. The number of hydrogen-bond donors (Lipinski definition) is 2. The summed E-state index contributed by atoms with van der Waals surface area (Å²) in [5.74, 6) is -1.09. The maximum Gasteiger partial charge on any atom is 0.246 e. The number of nitrogens with one attached hydrogen (secondary N) is 1. The van der Waals surface area contributed by atoms with Crippen LogP contribution in [0.15, 0.2) is 24.3 Å². The summed E-state index contributed by atoms with van der Waals surface area (Å²) in [5, 5.41) is 11.4. The van der Waals surface area contributed by atoms with Crippen molar-refractivity contribution in [1.82, 2.24) is 5.32 Å². The highest BCUT2D eigenvalue weighted by atomic mass is 16.5. The zero-order valence-electron chi connectivity index (χ0n) is 10.6. The number of ether oxygens (including phenoxy) is 1. The smallest absolute Gasteiger partial charge is 0.246 e. The lowest BCUT2D eigenvalue weighted by Crippen LogP contribution is -2.47. The molecule has 0 saturated carbocycles. The van der Waals surface area contributed by atoms with E-state index in [9.17, 15) is 9.59 Å². The van der Waals surface area contributed by atoms with Gasteiger partial charge in [-0.15, -0.1) is 0 Å². The van der Waals surface area contributed by atoms with Gasteiger partial charge in [-0.1, -0.05) is 18.2 Å². The van der Waals surface area contributed by atoms with E-state index in [4.69, 9.17) is 11.0 Å². The summed E-state index contributed by atoms with van der Waals surface area (Å²) in [6.07, 6.45) is 0.175. The molecule has 1 atom stereocenters. The minimum absolute atomic E-state index is 0.149. The topological polar surface area (TPSA) is 105 Å². The minimum atomic E-state index is -0.864. The van der Waals surface area contributed by atoms with Crippen molar-refractivity contribution in [2.24, 2.45) is 5.73 Å². The first kappa shape index (κ1) is 14.7. The van der Waals surface area contributed by atoms with Gasteiger partial charge in [-0.05, 0) is 11.6 Å². The predicted molar refractivity (Wildman–Crippen MR) is 67.9 cm³/mol. The lowest BCUT2D eigenvalue weighted by Gasteiger charge is -2.15. The molecule has 6 heteroatoms. The van der Waals surface area contributed by atoms with E-state index in [2.05, 4.69) is 10.1 Å². The molecule has 1 rings (SSSR count). The van der Waals surface area contributed by atoms with Crippen molar-refractivity contribution in [3.63, 3.8) is 0 Å². The average molecular weight is 261 g/mol. The Labute approximate surface area is 111 Å². The van der Waals surface area contributed by atoms with Crippen LogP contribution in [0.1, 0.15) is 11.1 Å². The fraction of sp³-hybridized carbons (Fsp3) is 0.308. The number of hydrogen-bond acceptors (Lipinski definition) is 4. The summed E-state index contributed by atoms with van der Waals surface area (Å²) < 4.78 is 4.66. The Bertz CT molecular complexity index is 508. The number of carbonyl (C=O) groups is 2. The molecule has 0 aliphatic rings. The van der Waals surface area contributed by atoms with E-state index in [0.29, 0.717) is 11.1 Å². The molecule has 3 N–H and O–H groups in total. The van der Waals surface area contributed by atoms with Crippen LogP contribution in [0.3, 0.4) is 0 Å². The number of nitriles is 1. The number of benzene rings is 1. The van der Waals surface area contributed by atoms with Crippen LogP contribution in [0.2, 0.25) is 0 Å². The Kier molecular flexibility index (Phi) is 5.51. The molecule has 19 heavy (non-hydrogen) atoms. The normalized spacial score (nSPS) is 11.4. The van der Waals surface area contributed by atoms with Crippen molar-refractivity contribution in [2.75, 3.05) is 13.7 Å². The molecule has 0 saturated heterocycles. The Morgan fingerprint density at radius 3 is 2.74 bits per heavy atom. The van der Waals surface area contributed by atoms with Crippen molar-refractivity contribution in [1.29, 1.82) is 5.26 Å². The van der Waals surface area contributed by atoms with Crippen LogP contribution < -0.4 is 11.1 Å². The molecular formula is C13H15N3O3. The Morgan fingerprint density at radius 2 is 2.16 bits per heavy atom. The molecule has 100 valence electrons. The van der Waals surface area contributed by atoms with Gasteiger partial charge >= 0.3 is 0 Å². The van der Waals surface area contributed by atoms with Gasteiger partial charge in [0.15, 0.2) is 0 Å². The Hall–Kier alpha value is -2.39. The summed E-state index contributed by atoms with van der Waals surface area (Å²) in [6, 6.07) is 8.01. The van der Waals surface area contributed by atoms with Crippen molar-refractivity contribution in [3.05, 3.63) is 35.4 Å². The van der Waals surface area contributed by atoms with E-state index in [1.807, 2.05) is 6.07 Å². The van der Waals surface area contributed by atoms with Gasteiger partial charge in [0.25, 0.3) is 0 Å². The summed E-state index contributed by atoms with van der Waals surface area (Å²) in [5.41, 5.74) is 6.36. The van der Waals surface area contributed by atoms with Crippen LogP contribution in [-0.4, -0.2) is 31.6 Å². The van der Waals surface area contributed by atoms with Crippen LogP contribution >= 0.6 is 0 Å². The van der Waals surface area contributed by atoms with Gasteiger partial charge in [-0.25, -0.2) is 0 Å². The number of carbonyl (C=O) groups excluding carboxylic acids is 2. The van der Waals surface area contributed by atoms with E-state index < -0.39 is 17.9 Å². The molecule has 0 heterocycles. The van der Waals surface area contributed by atoms with Gasteiger partial charge in [0, 0.05) is 13.5 Å². The second-order valence-corrected chi connectivity index (χ2v) is 3.93. The van der Waals surface area contributed by atoms with Crippen LogP contribution in [0.25, 0.3) is 0 Å². The lowest BCUT2D eigenvalue weighted by atomic mass is 10.0. The van der Waals surface area contributed by atoms with Gasteiger partial charge in [0.2, 0.25) is 11.8 Å². The summed E-state index contributed by atoms with van der Waals surface area (Å²) >= 11 is 0. The number of nitrogens with zero attached hydrogens (tertiary/aromatic N) is 1. The third kappa shape index (κ3) is 4.41. The SMILES string of the molecule is COCC(=O)N[C@@H](Cc1ccccc1C#N)C(N)=O. The van der Waals surface area contributed by atoms with E-state index in [-0.39, 0.29) is 13.0 Å². The number of nitrogens with two attached hydrogens (primary N) is 1.